The number of para-hydroxylation sites is 1. The van der Waals surface area contributed by atoms with E-state index in [-0.39, 0.29) is 23.9 Å². The summed E-state index contributed by atoms with van der Waals surface area (Å²) in [5.41, 5.74) is 1.73. The van der Waals surface area contributed by atoms with Crippen LogP contribution in [0.1, 0.15) is 34.6 Å². The second-order valence-electron chi connectivity index (χ2n) is 6.02. The molecule has 0 radical (unpaired) electrons. The van der Waals surface area contributed by atoms with Gasteiger partial charge in [0.05, 0.1) is 10.9 Å². The quantitative estimate of drug-likeness (QED) is 0.286. The molecule has 0 aliphatic carbocycles. The fourth-order valence-corrected chi connectivity index (χ4v) is 3.17. The van der Waals surface area contributed by atoms with Crippen molar-refractivity contribution in [2.45, 2.75) is 50.9 Å². The monoisotopic (exact) mass is 441 g/mol. The van der Waals surface area contributed by atoms with E-state index in [4.69, 9.17) is 9.84 Å². The Balaban J connectivity index is -0.000000690. The molecule has 0 heterocycles. The zero-order valence-corrected chi connectivity index (χ0v) is 20.5. The summed E-state index contributed by atoms with van der Waals surface area (Å²) >= 11 is 1.54. The number of rotatable bonds is 7. The number of methoxy groups -OCH3 is 1. The predicted molar refractivity (Wildman–Crippen MR) is 128 cm³/mol. The molecule has 0 saturated heterocycles. The Morgan fingerprint density at radius 3 is 2.10 bits per heavy atom. The molecule has 0 aliphatic heterocycles. The summed E-state index contributed by atoms with van der Waals surface area (Å²) in [7, 11) is 4.96. The Hall–Kier alpha value is -2.09. The maximum absolute atomic E-state index is 11.1. The Morgan fingerprint density at radius 1 is 1.30 bits per heavy atom. The SMILES string of the molecule is C=C(C)C(Sc1ccccc1N(C)C=O)C(C)OC(C)=O.C=CC.CCO.COC. The molecule has 30 heavy (non-hydrogen) atoms. The zero-order valence-electron chi connectivity index (χ0n) is 19.7. The summed E-state index contributed by atoms with van der Waals surface area (Å²) in [5.74, 6) is -0.312. The van der Waals surface area contributed by atoms with Gasteiger partial charge in [-0.25, -0.2) is 0 Å². The number of hydrogen-bond acceptors (Lipinski definition) is 6. The molecule has 6 nitrogen and oxygen atoms in total. The van der Waals surface area contributed by atoms with Crippen molar-refractivity contribution in [1.82, 2.24) is 0 Å². The normalized spacial score (nSPS) is 10.8. The highest BCUT2D eigenvalue weighted by molar-refractivity contribution is 8.00. The summed E-state index contributed by atoms with van der Waals surface area (Å²) in [6, 6.07) is 7.61. The molecule has 1 rings (SSSR count). The minimum absolute atomic E-state index is 0.0740. The first-order valence-corrected chi connectivity index (χ1v) is 10.3. The molecule has 0 spiro atoms. The number of aliphatic hydroxyl groups is 1. The molecule has 1 amide bonds. The average molecular weight is 442 g/mol. The Bertz CT molecular complexity index is 605. The van der Waals surface area contributed by atoms with Crippen molar-refractivity contribution in [2.24, 2.45) is 0 Å². The molecule has 0 bridgehead atoms. The van der Waals surface area contributed by atoms with E-state index in [0.29, 0.717) is 0 Å². The van der Waals surface area contributed by atoms with Crippen molar-refractivity contribution < 1.29 is 24.2 Å². The maximum Gasteiger partial charge on any atom is 0.302 e. The van der Waals surface area contributed by atoms with Gasteiger partial charge in [0.25, 0.3) is 0 Å². The van der Waals surface area contributed by atoms with Gasteiger partial charge in [0, 0.05) is 39.7 Å². The van der Waals surface area contributed by atoms with E-state index in [9.17, 15) is 9.59 Å². The van der Waals surface area contributed by atoms with Gasteiger partial charge in [-0.05, 0) is 39.8 Å². The Labute approximate surface area is 187 Å². The van der Waals surface area contributed by atoms with Crippen molar-refractivity contribution in [2.75, 3.05) is 32.8 Å². The number of esters is 1. The third-order valence-electron chi connectivity index (χ3n) is 2.92. The molecule has 1 aromatic carbocycles. The minimum Gasteiger partial charge on any atom is -0.461 e. The van der Waals surface area contributed by atoms with Crippen molar-refractivity contribution in [3.05, 3.63) is 49.1 Å². The van der Waals surface area contributed by atoms with Crippen LogP contribution in [0.4, 0.5) is 5.69 Å². The van der Waals surface area contributed by atoms with Crippen LogP contribution in [0.3, 0.4) is 0 Å². The number of carbonyl (C=O) groups is 2. The van der Waals surface area contributed by atoms with Crippen LogP contribution in [-0.2, 0) is 19.1 Å². The molecule has 0 fully saturated rings. The molecule has 0 aliphatic rings. The van der Waals surface area contributed by atoms with Crippen LogP contribution < -0.4 is 4.90 Å². The maximum atomic E-state index is 11.1. The van der Waals surface area contributed by atoms with Gasteiger partial charge in [0.15, 0.2) is 0 Å². The number of amides is 1. The van der Waals surface area contributed by atoms with Crippen molar-refractivity contribution in [3.8, 4) is 0 Å². The van der Waals surface area contributed by atoms with Gasteiger partial charge < -0.3 is 19.5 Å². The predicted octanol–water partition coefficient (Wildman–Crippen LogP) is 4.72. The summed E-state index contributed by atoms with van der Waals surface area (Å²) in [6.07, 6.45) is 2.23. The molecule has 2 unspecified atom stereocenters. The summed E-state index contributed by atoms with van der Waals surface area (Å²) < 4.78 is 9.52. The molecule has 172 valence electrons. The van der Waals surface area contributed by atoms with Crippen LogP contribution in [0.15, 0.2) is 54.0 Å². The van der Waals surface area contributed by atoms with Crippen LogP contribution in [0.2, 0.25) is 0 Å². The first-order chi connectivity index (χ1) is 14.1. The van der Waals surface area contributed by atoms with Gasteiger partial charge in [-0.2, -0.15) is 0 Å². The van der Waals surface area contributed by atoms with Crippen LogP contribution in [0.5, 0.6) is 0 Å². The molecule has 2 atom stereocenters. The second-order valence-corrected chi connectivity index (χ2v) is 7.20. The third kappa shape index (κ3) is 16.8. The standard InChI is InChI=1S/C16H21NO3S.C3H6.2C2H6O/c1-11(2)16(12(3)20-13(4)19)21-15-9-7-6-8-14(15)17(5)10-18;2*1-3-2;1-2-3/h6-10,12,16H,1H2,2-5H3;3H,1H2,2H3;1-2H3;3H,2H2,1H3. The van der Waals surface area contributed by atoms with Gasteiger partial charge in [0.1, 0.15) is 6.10 Å². The lowest BCUT2D eigenvalue weighted by Gasteiger charge is -2.25. The van der Waals surface area contributed by atoms with Crippen LogP contribution in [0, 0.1) is 0 Å². The lowest BCUT2D eigenvalue weighted by atomic mass is 10.1. The molecule has 0 saturated carbocycles. The second kappa shape index (κ2) is 21.6. The fraction of sp³-hybridized carbons (Fsp3) is 0.478. The number of carbonyl (C=O) groups excluding carboxylic acids is 2. The smallest absolute Gasteiger partial charge is 0.302 e. The van der Waals surface area contributed by atoms with Crippen molar-refractivity contribution in [3.63, 3.8) is 0 Å². The summed E-state index contributed by atoms with van der Waals surface area (Å²) in [4.78, 5) is 24.6. The number of ether oxygens (including phenoxy) is 2. The average Bonchev–Trinajstić information content (AvgIpc) is 2.66. The Morgan fingerprint density at radius 2 is 1.73 bits per heavy atom. The fourth-order valence-electron chi connectivity index (χ4n) is 1.96. The Kier molecular flexibility index (Phi) is 23.5. The minimum atomic E-state index is -0.312. The molecule has 1 aromatic rings. The van der Waals surface area contributed by atoms with Crippen molar-refractivity contribution in [1.29, 1.82) is 0 Å². The number of nitrogens with zero attached hydrogens (tertiary/aromatic N) is 1. The van der Waals surface area contributed by atoms with E-state index < -0.39 is 0 Å². The first kappa shape index (κ1) is 32.6. The van der Waals surface area contributed by atoms with Crippen LogP contribution in [-0.4, -0.2) is 56.7 Å². The first-order valence-electron chi connectivity index (χ1n) is 9.45. The molecule has 1 N–H and O–H groups in total. The van der Waals surface area contributed by atoms with Crippen molar-refractivity contribution >= 4 is 29.8 Å². The van der Waals surface area contributed by atoms with Gasteiger partial charge in [0.2, 0.25) is 6.41 Å². The lowest BCUT2D eigenvalue weighted by Crippen LogP contribution is -2.26. The van der Waals surface area contributed by atoms with E-state index in [1.807, 2.05) is 45.0 Å². The lowest BCUT2D eigenvalue weighted by molar-refractivity contribution is -0.145. The molecule has 0 aromatic heterocycles. The van der Waals surface area contributed by atoms with Gasteiger partial charge in [-0.1, -0.05) is 30.4 Å². The van der Waals surface area contributed by atoms with E-state index in [2.05, 4.69) is 17.9 Å². The summed E-state index contributed by atoms with van der Waals surface area (Å²) in [6.45, 7) is 16.3. The highest BCUT2D eigenvalue weighted by Crippen LogP contribution is 2.36. The highest BCUT2D eigenvalue weighted by Gasteiger charge is 2.23. The number of anilines is 1. The molecule has 7 heteroatoms. The molecular formula is C23H39NO5S. The zero-order chi connectivity index (χ0) is 24.1. The van der Waals surface area contributed by atoms with Gasteiger partial charge >= 0.3 is 5.97 Å². The number of aliphatic hydroxyl groups excluding tert-OH is 1. The van der Waals surface area contributed by atoms with Crippen LogP contribution >= 0.6 is 11.8 Å². The van der Waals surface area contributed by atoms with Gasteiger partial charge in [-0.15, -0.1) is 18.3 Å². The highest BCUT2D eigenvalue weighted by atomic mass is 32.2. The van der Waals surface area contributed by atoms with E-state index in [1.165, 1.54) is 23.6 Å². The number of hydrogen-bond donors (Lipinski definition) is 1. The number of allylic oxidation sites excluding steroid dienone is 1. The van der Waals surface area contributed by atoms with E-state index in [0.717, 1.165) is 22.6 Å². The topological polar surface area (TPSA) is 76.1 Å². The summed E-state index contributed by atoms with van der Waals surface area (Å²) in [5, 5.41) is 7.50. The van der Waals surface area contributed by atoms with E-state index >= 15 is 0 Å². The van der Waals surface area contributed by atoms with Crippen LogP contribution in [0.25, 0.3) is 0 Å². The third-order valence-corrected chi connectivity index (χ3v) is 4.56. The largest absolute Gasteiger partial charge is 0.461 e. The van der Waals surface area contributed by atoms with E-state index in [1.54, 1.807) is 34.3 Å². The number of benzene rings is 1. The van der Waals surface area contributed by atoms with Gasteiger partial charge in [-0.3, -0.25) is 9.59 Å². The number of thioether (sulfide) groups is 1. The molecular weight excluding hydrogens is 402 g/mol.